The molecule has 0 aliphatic carbocycles. The Bertz CT molecular complexity index is 1210. The van der Waals surface area contributed by atoms with Crippen LogP contribution in [-0.2, 0) is 38.1 Å². The molecule has 10 heteroatoms. The van der Waals surface area contributed by atoms with Crippen molar-refractivity contribution in [2.24, 2.45) is 0 Å². The predicted molar refractivity (Wildman–Crippen MR) is 369 cm³/mol. The van der Waals surface area contributed by atoms with E-state index in [0.717, 1.165) is 51.4 Å². The van der Waals surface area contributed by atoms with E-state index in [2.05, 4.69) is 27.7 Å². The van der Waals surface area contributed by atoms with Crippen molar-refractivity contribution in [2.45, 2.75) is 400 Å². The number of carbonyl (C=O) groups excluding carboxylic acids is 4. The van der Waals surface area contributed by atoms with Crippen molar-refractivity contribution in [1.29, 1.82) is 0 Å². The van der Waals surface area contributed by atoms with E-state index in [1.165, 1.54) is 295 Å². The molecule has 0 rings (SSSR count). The summed E-state index contributed by atoms with van der Waals surface area (Å²) in [6, 6.07) is 0. The third-order valence-electron chi connectivity index (χ3n) is 16.3. The maximum absolute atomic E-state index is 12.0. The second kappa shape index (κ2) is 77.7. The van der Waals surface area contributed by atoms with Gasteiger partial charge in [0, 0.05) is 23.0 Å². The van der Waals surface area contributed by atoms with E-state index < -0.39 is 0 Å². The monoisotopic (exact) mass is 1230 g/mol. The summed E-state index contributed by atoms with van der Waals surface area (Å²) in [5.74, 6) is 2.41. The lowest BCUT2D eigenvalue weighted by atomic mass is 10.0. The lowest BCUT2D eigenvalue weighted by molar-refractivity contribution is -0.144. The minimum absolute atomic E-state index is 0.107. The summed E-state index contributed by atoms with van der Waals surface area (Å²) in [7, 11) is 0. The van der Waals surface area contributed by atoms with Gasteiger partial charge in [-0.25, -0.2) is 0 Å². The highest BCUT2D eigenvalue weighted by Gasteiger charge is 2.08. The first-order chi connectivity index (χ1) is 41.4. The third kappa shape index (κ3) is 78.6. The van der Waals surface area contributed by atoms with Gasteiger partial charge in [-0.15, -0.1) is 0 Å². The van der Waals surface area contributed by atoms with Crippen molar-refractivity contribution in [1.82, 2.24) is 0 Å². The van der Waals surface area contributed by atoms with Gasteiger partial charge in [0.05, 0.1) is 52.1 Å². The SMILES string of the molecule is CCCCCCCCCCCCCCCCCCOC(=O)CCSCCC(=O)OCCCCCCCCCCCCCCCCCC.CCCCCCCCCCCCCOC(=O)CCSCCC(=O)OCCCCCCCCCCCCC. The molecule has 0 saturated heterocycles. The number of rotatable bonds is 70. The fourth-order valence-electron chi connectivity index (χ4n) is 10.7. The molecule has 0 amide bonds. The molecule has 0 fully saturated rings. The summed E-state index contributed by atoms with van der Waals surface area (Å²) in [5.41, 5.74) is 0. The van der Waals surface area contributed by atoms with E-state index in [9.17, 15) is 19.2 Å². The van der Waals surface area contributed by atoms with Crippen molar-refractivity contribution < 1.29 is 38.1 Å². The molecule has 0 heterocycles. The zero-order chi connectivity index (χ0) is 61.2. The number of unbranched alkanes of at least 4 members (excludes halogenated alkanes) is 50. The van der Waals surface area contributed by atoms with E-state index in [1.54, 1.807) is 23.5 Å². The van der Waals surface area contributed by atoms with Gasteiger partial charge >= 0.3 is 23.9 Å². The summed E-state index contributed by atoms with van der Waals surface area (Å²) >= 11 is 3.27. The van der Waals surface area contributed by atoms with Crippen LogP contribution < -0.4 is 0 Å². The molecule has 0 N–H and O–H groups in total. The Kier molecular flexibility index (Phi) is 78.3. The van der Waals surface area contributed by atoms with Crippen LogP contribution in [0.4, 0.5) is 0 Å². The molecular formula is C74H144O8S2. The standard InChI is InChI=1S/C42H82O4S.C32H62O4S/c1-3-5-7-9-11-13-15-17-19-21-23-25-27-29-31-33-37-45-41(43)35-39-47-40-36-42(44)46-38-34-32-30-28-26-24-22-20-18-16-14-12-10-8-6-4-2;1-3-5-7-9-11-13-15-17-19-21-23-27-35-31(33)25-29-37-30-26-32(34)36-28-24-22-20-18-16-14-12-10-8-6-4-2/h3-40H2,1-2H3;3-30H2,1-2H3. The summed E-state index contributed by atoms with van der Waals surface area (Å²) in [4.78, 5) is 47.6. The number of hydrogen-bond donors (Lipinski definition) is 0. The Balaban J connectivity index is 0. The highest BCUT2D eigenvalue weighted by atomic mass is 32.2. The van der Waals surface area contributed by atoms with Crippen LogP contribution in [0.1, 0.15) is 400 Å². The van der Waals surface area contributed by atoms with Crippen LogP contribution in [0.3, 0.4) is 0 Å². The van der Waals surface area contributed by atoms with Crippen LogP contribution in [-0.4, -0.2) is 73.3 Å². The lowest BCUT2D eigenvalue weighted by Gasteiger charge is -2.06. The smallest absolute Gasteiger partial charge is 0.306 e. The van der Waals surface area contributed by atoms with Crippen molar-refractivity contribution >= 4 is 47.4 Å². The summed E-state index contributed by atoms with van der Waals surface area (Å²) in [6.07, 6.45) is 73.3. The first kappa shape index (κ1) is 84.6. The molecule has 0 aliphatic heterocycles. The minimum Gasteiger partial charge on any atom is -0.466 e. The maximum atomic E-state index is 12.0. The Labute approximate surface area is 532 Å². The maximum Gasteiger partial charge on any atom is 0.306 e. The van der Waals surface area contributed by atoms with Gasteiger partial charge in [-0.1, -0.05) is 349 Å². The molecule has 0 unspecified atom stereocenters. The highest BCUT2D eigenvalue weighted by Crippen LogP contribution is 2.18. The van der Waals surface area contributed by atoms with E-state index in [4.69, 9.17) is 18.9 Å². The molecule has 0 radical (unpaired) electrons. The Hall–Kier alpha value is -1.42. The minimum atomic E-state index is -0.112. The Morgan fingerprint density at radius 1 is 0.190 bits per heavy atom. The van der Waals surface area contributed by atoms with Gasteiger partial charge in [-0.3, -0.25) is 19.2 Å². The van der Waals surface area contributed by atoms with Gasteiger partial charge in [0.15, 0.2) is 0 Å². The number of esters is 4. The molecular weight excluding hydrogens is 1080 g/mol. The Morgan fingerprint density at radius 2 is 0.310 bits per heavy atom. The molecule has 0 bridgehead atoms. The molecule has 0 aromatic heterocycles. The molecule has 8 nitrogen and oxygen atoms in total. The summed E-state index contributed by atoms with van der Waals surface area (Å²) in [6.45, 7) is 11.3. The quantitative estimate of drug-likeness (QED) is 0.0332. The van der Waals surface area contributed by atoms with Crippen LogP contribution in [0.25, 0.3) is 0 Å². The van der Waals surface area contributed by atoms with Gasteiger partial charge in [0.1, 0.15) is 0 Å². The van der Waals surface area contributed by atoms with Crippen LogP contribution in [0.15, 0.2) is 0 Å². The van der Waals surface area contributed by atoms with Gasteiger partial charge in [-0.2, -0.15) is 23.5 Å². The first-order valence-corrected chi connectivity index (χ1v) is 39.5. The van der Waals surface area contributed by atoms with E-state index in [0.29, 0.717) is 75.1 Å². The fraction of sp³-hybridized carbons (Fsp3) is 0.946. The largest absolute Gasteiger partial charge is 0.466 e. The molecule has 0 saturated carbocycles. The van der Waals surface area contributed by atoms with Crippen molar-refractivity contribution in [3.05, 3.63) is 0 Å². The molecule has 0 aliphatic rings. The number of hydrogen-bond acceptors (Lipinski definition) is 10. The molecule has 0 spiro atoms. The van der Waals surface area contributed by atoms with Gasteiger partial charge in [0.25, 0.3) is 0 Å². The summed E-state index contributed by atoms with van der Waals surface area (Å²) in [5, 5.41) is 0. The zero-order valence-corrected chi connectivity index (χ0v) is 58.4. The summed E-state index contributed by atoms with van der Waals surface area (Å²) < 4.78 is 21.4. The average Bonchev–Trinajstić information content (AvgIpc) is 3.49. The van der Waals surface area contributed by atoms with E-state index >= 15 is 0 Å². The second-order valence-corrected chi connectivity index (χ2v) is 27.2. The van der Waals surface area contributed by atoms with Crippen LogP contribution in [0.5, 0.6) is 0 Å². The van der Waals surface area contributed by atoms with Crippen molar-refractivity contribution in [3.63, 3.8) is 0 Å². The highest BCUT2D eigenvalue weighted by molar-refractivity contribution is 7.99. The van der Waals surface area contributed by atoms with Crippen molar-refractivity contribution in [2.75, 3.05) is 49.4 Å². The van der Waals surface area contributed by atoms with Crippen molar-refractivity contribution in [3.8, 4) is 0 Å². The normalized spacial score (nSPS) is 11.2. The van der Waals surface area contributed by atoms with Crippen LogP contribution >= 0.6 is 23.5 Å². The topological polar surface area (TPSA) is 105 Å². The molecule has 84 heavy (non-hydrogen) atoms. The number of thioether (sulfide) groups is 2. The molecule has 0 atom stereocenters. The van der Waals surface area contributed by atoms with E-state index in [-0.39, 0.29) is 23.9 Å². The predicted octanol–water partition coefficient (Wildman–Crippen LogP) is 24.3. The van der Waals surface area contributed by atoms with Crippen LogP contribution in [0, 0.1) is 0 Å². The lowest BCUT2D eigenvalue weighted by Crippen LogP contribution is -2.09. The third-order valence-corrected chi connectivity index (χ3v) is 18.3. The molecule has 500 valence electrons. The first-order valence-electron chi connectivity index (χ1n) is 37.2. The average molecular weight is 1230 g/mol. The number of ether oxygens (including phenoxy) is 4. The van der Waals surface area contributed by atoms with E-state index in [1.807, 2.05) is 0 Å². The number of carbonyl (C=O) groups is 4. The van der Waals surface area contributed by atoms with Gasteiger partial charge in [-0.05, 0) is 25.7 Å². The van der Waals surface area contributed by atoms with Gasteiger partial charge in [0.2, 0.25) is 0 Å². The molecule has 0 aromatic rings. The second-order valence-electron chi connectivity index (χ2n) is 24.8. The fourth-order valence-corrected chi connectivity index (χ4v) is 12.3. The Morgan fingerprint density at radius 3 is 0.440 bits per heavy atom. The van der Waals surface area contributed by atoms with Gasteiger partial charge < -0.3 is 18.9 Å². The molecule has 0 aromatic carbocycles. The zero-order valence-electron chi connectivity index (χ0n) is 56.8. The van der Waals surface area contributed by atoms with Crippen LogP contribution in [0.2, 0.25) is 0 Å².